The molecule has 3 nitrogen and oxygen atoms in total. The van der Waals surface area contributed by atoms with Crippen molar-refractivity contribution in [1.29, 1.82) is 0 Å². The summed E-state index contributed by atoms with van der Waals surface area (Å²) >= 11 is 0. The number of pyridine rings is 1. The van der Waals surface area contributed by atoms with Crippen LogP contribution < -0.4 is 0 Å². The lowest BCUT2D eigenvalue weighted by Crippen LogP contribution is -2.07. The SMILES string of the molecule is CCOC(=O)/C(=C\c1cccc2ccccc12)c1ccncc1. The Hall–Kier alpha value is -2.94. The Morgan fingerprint density at radius 3 is 2.57 bits per heavy atom. The molecule has 0 radical (unpaired) electrons. The normalized spacial score (nSPS) is 11.4. The van der Waals surface area contributed by atoms with E-state index < -0.39 is 0 Å². The fraction of sp³-hybridized carbons (Fsp3) is 0.100. The van der Waals surface area contributed by atoms with Crippen LogP contribution in [0.15, 0.2) is 67.0 Å². The second kappa shape index (κ2) is 6.88. The highest BCUT2D eigenvalue weighted by Gasteiger charge is 2.13. The summed E-state index contributed by atoms with van der Waals surface area (Å²) in [5, 5.41) is 2.24. The van der Waals surface area contributed by atoms with E-state index in [9.17, 15) is 4.79 Å². The minimum atomic E-state index is -0.327. The molecule has 0 aliphatic carbocycles. The Balaban J connectivity index is 2.15. The van der Waals surface area contributed by atoms with Crippen molar-refractivity contribution in [1.82, 2.24) is 4.98 Å². The molecule has 23 heavy (non-hydrogen) atoms. The fourth-order valence-corrected chi connectivity index (χ4v) is 2.53. The van der Waals surface area contributed by atoms with E-state index in [0.29, 0.717) is 12.2 Å². The second-order valence-electron chi connectivity index (χ2n) is 5.08. The van der Waals surface area contributed by atoms with E-state index in [-0.39, 0.29) is 5.97 Å². The number of benzene rings is 2. The quantitative estimate of drug-likeness (QED) is 0.531. The molecule has 0 N–H and O–H groups in total. The number of carbonyl (C=O) groups excluding carboxylic acids is 1. The van der Waals surface area contributed by atoms with Crippen LogP contribution >= 0.6 is 0 Å². The van der Waals surface area contributed by atoms with Crippen molar-refractivity contribution in [2.45, 2.75) is 6.92 Å². The number of carbonyl (C=O) groups is 1. The summed E-state index contributed by atoms with van der Waals surface area (Å²) in [5.74, 6) is -0.327. The lowest BCUT2D eigenvalue weighted by molar-refractivity contribution is -0.136. The third-order valence-corrected chi connectivity index (χ3v) is 3.61. The molecule has 0 spiro atoms. The minimum absolute atomic E-state index is 0.327. The van der Waals surface area contributed by atoms with Crippen molar-refractivity contribution in [2.24, 2.45) is 0 Å². The zero-order chi connectivity index (χ0) is 16.1. The van der Waals surface area contributed by atoms with Gasteiger partial charge in [0.15, 0.2) is 0 Å². The predicted molar refractivity (Wildman–Crippen MR) is 92.7 cm³/mol. The highest BCUT2D eigenvalue weighted by atomic mass is 16.5. The molecule has 1 aromatic heterocycles. The van der Waals surface area contributed by atoms with Gasteiger partial charge < -0.3 is 4.74 Å². The Kier molecular flexibility index (Phi) is 4.48. The molecule has 2 aromatic carbocycles. The van der Waals surface area contributed by atoms with E-state index >= 15 is 0 Å². The summed E-state index contributed by atoms with van der Waals surface area (Å²) < 4.78 is 5.22. The van der Waals surface area contributed by atoms with Gasteiger partial charge in [-0.15, -0.1) is 0 Å². The minimum Gasteiger partial charge on any atom is -0.462 e. The lowest BCUT2D eigenvalue weighted by atomic mass is 9.99. The third kappa shape index (κ3) is 3.29. The molecule has 0 fully saturated rings. The van der Waals surface area contributed by atoms with E-state index in [1.807, 2.05) is 42.5 Å². The maximum absolute atomic E-state index is 12.4. The third-order valence-electron chi connectivity index (χ3n) is 3.61. The Morgan fingerprint density at radius 2 is 1.78 bits per heavy atom. The van der Waals surface area contributed by atoms with Crippen molar-refractivity contribution >= 4 is 28.4 Å². The van der Waals surface area contributed by atoms with Gasteiger partial charge in [0.05, 0.1) is 12.2 Å². The van der Waals surface area contributed by atoms with Crippen molar-refractivity contribution < 1.29 is 9.53 Å². The van der Waals surface area contributed by atoms with Crippen LogP contribution in [0.3, 0.4) is 0 Å². The van der Waals surface area contributed by atoms with Gasteiger partial charge in [-0.3, -0.25) is 4.98 Å². The van der Waals surface area contributed by atoms with Crippen LogP contribution in [-0.4, -0.2) is 17.6 Å². The largest absolute Gasteiger partial charge is 0.462 e. The summed E-state index contributed by atoms with van der Waals surface area (Å²) in [6.07, 6.45) is 5.23. The smallest absolute Gasteiger partial charge is 0.338 e. The highest BCUT2D eigenvalue weighted by Crippen LogP contribution is 2.25. The summed E-state index contributed by atoms with van der Waals surface area (Å²) in [7, 11) is 0. The number of esters is 1. The first-order chi connectivity index (χ1) is 11.3. The number of rotatable bonds is 4. The number of ether oxygens (including phenoxy) is 1. The topological polar surface area (TPSA) is 39.2 Å². The molecule has 0 saturated carbocycles. The molecule has 3 heteroatoms. The van der Waals surface area contributed by atoms with Crippen LogP contribution in [0.4, 0.5) is 0 Å². The molecule has 0 amide bonds. The molecule has 114 valence electrons. The first-order valence-corrected chi connectivity index (χ1v) is 7.56. The van der Waals surface area contributed by atoms with Gasteiger partial charge in [-0.1, -0.05) is 42.5 Å². The molecular weight excluding hydrogens is 286 g/mol. The first kappa shape index (κ1) is 15.0. The molecule has 0 bridgehead atoms. The number of aromatic nitrogens is 1. The second-order valence-corrected chi connectivity index (χ2v) is 5.08. The van der Waals surface area contributed by atoms with E-state index in [4.69, 9.17) is 4.74 Å². The first-order valence-electron chi connectivity index (χ1n) is 7.56. The number of hydrogen-bond donors (Lipinski definition) is 0. The number of hydrogen-bond acceptors (Lipinski definition) is 3. The van der Waals surface area contributed by atoms with Gasteiger partial charge >= 0.3 is 5.97 Å². The Labute approximate surface area is 135 Å². The van der Waals surface area contributed by atoms with Crippen molar-refractivity contribution in [3.63, 3.8) is 0 Å². The van der Waals surface area contributed by atoms with Crippen molar-refractivity contribution in [2.75, 3.05) is 6.61 Å². The summed E-state index contributed by atoms with van der Waals surface area (Å²) in [5.41, 5.74) is 2.32. The lowest BCUT2D eigenvalue weighted by Gasteiger charge is -2.09. The molecule has 3 rings (SSSR count). The Bertz CT molecular complexity index is 848. The van der Waals surface area contributed by atoms with Crippen LogP contribution in [0, 0.1) is 0 Å². The van der Waals surface area contributed by atoms with Gasteiger partial charge in [-0.2, -0.15) is 0 Å². The van der Waals surface area contributed by atoms with E-state index in [1.54, 1.807) is 19.3 Å². The molecule has 0 aliphatic heterocycles. The van der Waals surface area contributed by atoms with E-state index in [1.165, 1.54) is 0 Å². The van der Waals surface area contributed by atoms with Crippen LogP contribution in [0.25, 0.3) is 22.4 Å². The monoisotopic (exact) mass is 303 g/mol. The summed E-state index contributed by atoms with van der Waals surface area (Å²) in [4.78, 5) is 16.4. The Morgan fingerprint density at radius 1 is 1.04 bits per heavy atom. The molecule has 0 unspecified atom stereocenters. The van der Waals surface area contributed by atoms with Crippen LogP contribution in [0.2, 0.25) is 0 Å². The van der Waals surface area contributed by atoms with Gasteiger partial charge in [0.25, 0.3) is 0 Å². The van der Waals surface area contributed by atoms with Crippen LogP contribution in [0.1, 0.15) is 18.1 Å². The number of nitrogens with zero attached hydrogens (tertiary/aromatic N) is 1. The average molecular weight is 303 g/mol. The molecule has 0 aliphatic rings. The standard InChI is InChI=1S/C20H17NO2/c1-2-23-20(22)19(16-10-12-21-13-11-16)14-17-8-5-7-15-6-3-4-9-18(15)17/h3-14H,2H2,1H3/b19-14-. The maximum atomic E-state index is 12.4. The van der Waals surface area contributed by atoms with Crippen LogP contribution in [-0.2, 0) is 9.53 Å². The predicted octanol–water partition coefficient (Wildman–Crippen LogP) is 4.34. The zero-order valence-electron chi connectivity index (χ0n) is 12.9. The maximum Gasteiger partial charge on any atom is 0.338 e. The van der Waals surface area contributed by atoms with Crippen LogP contribution in [0.5, 0.6) is 0 Å². The van der Waals surface area contributed by atoms with Crippen molar-refractivity contribution in [3.05, 3.63) is 78.1 Å². The molecule has 1 heterocycles. The fourth-order valence-electron chi connectivity index (χ4n) is 2.53. The molecule has 0 atom stereocenters. The summed E-state index contributed by atoms with van der Waals surface area (Å²) in [6, 6.07) is 17.8. The van der Waals surface area contributed by atoms with E-state index in [2.05, 4.69) is 23.2 Å². The molecule has 0 saturated heterocycles. The number of fused-ring (bicyclic) bond motifs is 1. The van der Waals surface area contributed by atoms with Gasteiger partial charge in [-0.25, -0.2) is 4.79 Å². The van der Waals surface area contributed by atoms with E-state index in [0.717, 1.165) is 21.9 Å². The average Bonchev–Trinajstić information content (AvgIpc) is 2.60. The van der Waals surface area contributed by atoms with Gasteiger partial charge in [0.1, 0.15) is 0 Å². The van der Waals surface area contributed by atoms with Gasteiger partial charge in [0, 0.05) is 12.4 Å². The van der Waals surface area contributed by atoms with Gasteiger partial charge in [0.2, 0.25) is 0 Å². The van der Waals surface area contributed by atoms with Gasteiger partial charge in [-0.05, 0) is 47.0 Å². The summed E-state index contributed by atoms with van der Waals surface area (Å²) in [6.45, 7) is 2.15. The molecular formula is C20H17NO2. The molecule has 3 aromatic rings. The highest BCUT2D eigenvalue weighted by molar-refractivity contribution is 6.22. The zero-order valence-corrected chi connectivity index (χ0v) is 12.9. The van der Waals surface area contributed by atoms with Crippen molar-refractivity contribution in [3.8, 4) is 0 Å².